The summed E-state index contributed by atoms with van der Waals surface area (Å²) in [5.41, 5.74) is 1.59. The third kappa shape index (κ3) is 3.91. The van der Waals surface area contributed by atoms with Gasteiger partial charge < -0.3 is 19.4 Å². The molecule has 0 amide bonds. The van der Waals surface area contributed by atoms with Crippen LogP contribution in [-0.2, 0) is 7.05 Å². The molecule has 0 spiro atoms. The molecule has 0 aliphatic carbocycles. The highest BCUT2D eigenvalue weighted by Gasteiger charge is 2.36. The van der Waals surface area contributed by atoms with E-state index in [1.165, 1.54) is 10.6 Å². The number of halogens is 2. The van der Waals surface area contributed by atoms with Crippen LogP contribution in [-0.4, -0.2) is 44.7 Å². The predicted octanol–water partition coefficient (Wildman–Crippen LogP) is 4.13. The summed E-state index contributed by atoms with van der Waals surface area (Å²) in [4.78, 5) is 24.6. The third-order valence-electron chi connectivity index (χ3n) is 6.49. The summed E-state index contributed by atoms with van der Waals surface area (Å²) in [6.45, 7) is 14.0. The number of aryl methyl sites for hydroxylation is 1. The Labute approximate surface area is 190 Å². The first-order valence-corrected chi connectivity index (χ1v) is 10.7. The van der Waals surface area contributed by atoms with E-state index < -0.39 is 23.4 Å². The summed E-state index contributed by atoms with van der Waals surface area (Å²) in [5, 5.41) is 9.48. The lowest BCUT2D eigenvalue weighted by atomic mass is 9.99. The lowest BCUT2D eigenvalue weighted by Crippen LogP contribution is -2.57. The van der Waals surface area contributed by atoms with Crippen LogP contribution in [0, 0.1) is 18.2 Å². The molecule has 3 atom stereocenters. The van der Waals surface area contributed by atoms with Crippen molar-refractivity contribution in [2.24, 2.45) is 7.05 Å². The first-order valence-electron chi connectivity index (χ1n) is 10.7. The Morgan fingerprint density at radius 2 is 1.82 bits per heavy atom. The van der Waals surface area contributed by atoms with Crippen LogP contribution in [0.15, 0.2) is 35.1 Å². The standard InChI is InChI=1S/C24H25F2N5O2/c1-13-12-31(20-10-22(33)29(5)19-6-7-21(27-4)28-24(19)20)14(2)11-30(13)15(3)23-17(25)8-16(32)9-18(23)26/h6-10,13-15,32H,11-12H2,1-3,5H3/t13-,14+,15?/m1/s1. The van der Waals surface area contributed by atoms with Crippen LogP contribution >= 0.6 is 0 Å². The van der Waals surface area contributed by atoms with Crippen molar-refractivity contribution in [1.82, 2.24) is 14.5 Å². The van der Waals surface area contributed by atoms with Gasteiger partial charge in [-0.2, -0.15) is 0 Å². The number of hydrogen-bond acceptors (Lipinski definition) is 5. The molecule has 3 aromatic rings. The Morgan fingerprint density at radius 3 is 2.45 bits per heavy atom. The highest BCUT2D eigenvalue weighted by atomic mass is 19.1. The number of rotatable bonds is 3. The minimum atomic E-state index is -0.782. The number of hydrogen-bond donors (Lipinski definition) is 1. The summed E-state index contributed by atoms with van der Waals surface area (Å²) in [5.74, 6) is -1.77. The van der Waals surface area contributed by atoms with Crippen molar-refractivity contribution in [1.29, 1.82) is 0 Å². The minimum Gasteiger partial charge on any atom is -0.508 e. The van der Waals surface area contributed by atoms with E-state index in [0.29, 0.717) is 29.8 Å². The van der Waals surface area contributed by atoms with Gasteiger partial charge in [0.1, 0.15) is 17.4 Å². The average molecular weight is 453 g/mol. The number of aromatic hydroxyl groups is 1. The number of aromatic nitrogens is 2. The second-order valence-electron chi connectivity index (χ2n) is 8.62. The number of pyridine rings is 2. The van der Waals surface area contributed by atoms with E-state index in [4.69, 9.17) is 6.57 Å². The Bertz CT molecular complexity index is 1310. The number of phenolic OH excluding ortho intramolecular Hbond substituents is 1. The van der Waals surface area contributed by atoms with Gasteiger partial charge in [0.2, 0.25) is 5.52 Å². The molecule has 4 rings (SSSR count). The maximum Gasteiger partial charge on any atom is 0.270 e. The van der Waals surface area contributed by atoms with Crippen molar-refractivity contribution in [3.05, 3.63) is 69.3 Å². The van der Waals surface area contributed by atoms with E-state index in [2.05, 4.69) is 14.7 Å². The predicted molar refractivity (Wildman–Crippen MR) is 123 cm³/mol. The molecule has 7 nitrogen and oxygen atoms in total. The van der Waals surface area contributed by atoms with Crippen LogP contribution in [0.4, 0.5) is 20.3 Å². The monoisotopic (exact) mass is 453 g/mol. The fourth-order valence-electron chi connectivity index (χ4n) is 4.75. The van der Waals surface area contributed by atoms with Gasteiger partial charge in [0.05, 0.1) is 11.2 Å². The lowest BCUT2D eigenvalue weighted by molar-refractivity contribution is 0.115. The van der Waals surface area contributed by atoms with E-state index in [-0.39, 0.29) is 29.0 Å². The minimum absolute atomic E-state index is 0.0808. The molecule has 0 radical (unpaired) electrons. The molecule has 0 saturated carbocycles. The molecule has 0 bridgehead atoms. The van der Waals surface area contributed by atoms with Crippen molar-refractivity contribution >= 4 is 22.5 Å². The number of fused-ring (bicyclic) bond motifs is 1. The smallest absolute Gasteiger partial charge is 0.270 e. The van der Waals surface area contributed by atoms with Crippen molar-refractivity contribution in [3.63, 3.8) is 0 Å². The van der Waals surface area contributed by atoms with Crippen molar-refractivity contribution in [2.75, 3.05) is 18.0 Å². The summed E-state index contributed by atoms with van der Waals surface area (Å²) in [7, 11) is 1.67. The van der Waals surface area contributed by atoms with Gasteiger partial charge in [-0.1, -0.05) is 6.57 Å². The van der Waals surface area contributed by atoms with Crippen LogP contribution in [0.25, 0.3) is 15.9 Å². The van der Waals surface area contributed by atoms with Crippen LogP contribution < -0.4 is 10.5 Å². The summed E-state index contributed by atoms with van der Waals surface area (Å²) >= 11 is 0. The van der Waals surface area contributed by atoms with Crippen molar-refractivity contribution < 1.29 is 13.9 Å². The first-order chi connectivity index (χ1) is 15.6. The van der Waals surface area contributed by atoms with E-state index >= 15 is 0 Å². The fourth-order valence-corrected chi connectivity index (χ4v) is 4.75. The van der Waals surface area contributed by atoms with E-state index in [0.717, 1.165) is 12.1 Å². The van der Waals surface area contributed by atoms with Gasteiger partial charge in [-0.05, 0) is 32.9 Å². The second kappa shape index (κ2) is 8.45. The highest BCUT2D eigenvalue weighted by Crippen LogP contribution is 2.35. The summed E-state index contributed by atoms with van der Waals surface area (Å²) in [6.07, 6.45) is 0. The Balaban J connectivity index is 1.71. The molecular formula is C24H25F2N5O2. The molecule has 1 saturated heterocycles. The number of benzene rings is 1. The maximum absolute atomic E-state index is 14.5. The molecule has 1 unspecified atom stereocenters. The van der Waals surface area contributed by atoms with Crippen LogP contribution in [0.1, 0.15) is 32.4 Å². The summed E-state index contributed by atoms with van der Waals surface area (Å²) in [6, 6.07) is 5.93. The van der Waals surface area contributed by atoms with Crippen molar-refractivity contribution in [3.8, 4) is 5.75 Å². The Hall–Kier alpha value is -3.51. The van der Waals surface area contributed by atoms with Gasteiger partial charge >= 0.3 is 0 Å². The Kier molecular flexibility index (Phi) is 5.80. The van der Waals surface area contributed by atoms with Gasteiger partial charge in [0.25, 0.3) is 11.4 Å². The van der Waals surface area contributed by atoms with Gasteiger partial charge in [0.15, 0.2) is 0 Å². The molecular weight excluding hydrogens is 428 g/mol. The topological polar surface area (TPSA) is 66.0 Å². The molecule has 33 heavy (non-hydrogen) atoms. The molecule has 172 valence electrons. The molecule has 2 aromatic heterocycles. The quantitative estimate of drug-likeness (QED) is 0.604. The zero-order chi connectivity index (χ0) is 24.0. The zero-order valence-corrected chi connectivity index (χ0v) is 18.9. The molecule has 1 N–H and O–H groups in total. The number of nitrogens with zero attached hydrogens (tertiary/aromatic N) is 5. The lowest BCUT2D eigenvalue weighted by Gasteiger charge is -2.47. The number of phenols is 1. The van der Waals surface area contributed by atoms with Gasteiger partial charge in [-0.25, -0.2) is 8.78 Å². The van der Waals surface area contributed by atoms with E-state index in [1.807, 2.05) is 18.7 Å². The summed E-state index contributed by atoms with van der Waals surface area (Å²) < 4.78 is 30.5. The van der Waals surface area contributed by atoms with Crippen LogP contribution in [0.3, 0.4) is 0 Å². The fraction of sp³-hybridized carbons (Fsp3) is 0.375. The first kappa shape index (κ1) is 22.7. The highest BCUT2D eigenvalue weighted by molar-refractivity contribution is 5.89. The van der Waals surface area contributed by atoms with Gasteiger partial charge in [0, 0.05) is 62.0 Å². The molecule has 1 fully saturated rings. The molecule has 1 aliphatic heterocycles. The second-order valence-corrected chi connectivity index (χ2v) is 8.62. The van der Waals surface area contributed by atoms with Crippen LogP contribution in [0.2, 0.25) is 0 Å². The molecule has 1 aliphatic rings. The van der Waals surface area contributed by atoms with Crippen molar-refractivity contribution in [2.45, 2.75) is 38.9 Å². The largest absolute Gasteiger partial charge is 0.508 e. The van der Waals surface area contributed by atoms with Gasteiger partial charge in [-0.3, -0.25) is 9.69 Å². The molecule has 1 aromatic carbocycles. The maximum atomic E-state index is 14.5. The Morgan fingerprint density at radius 1 is 1.15 bits per heavy atom. The SMILES string of the molecule is [C-]#[N+]c1ccc2c(n1)c(N1C[C@@H](C)N(C(C)c3c(F)cc(O)cc3F)C[C@@H]1C)cc(=O)n2C. The molecule has 3 heterocycles. The number of anilines is 1. The van der Waals surface area contributed by atoms with E-state index in [9.17, 15) is 18.7 Å². The van der Waals surface area contributed by atoms with Crippen LogP contribution in [0.5, 0.6) is 5.75 Å². The van der Waals surface area contributed by atoms with E-state index in [1.54, 1.807) is 26.1 Å². The molecule has 9 heteroatoms. The average Bonchev–Trinajstić information content (AvgIpc) is 2.76. The zero-order valence-electron chi connectivity index (χ0n) is 18.9. The number of piperazine rings is 1. The van der Waals surface area contributed by atoms with Gasteiger partial charge in [-0.15, -0.1) is 4.98 Å². The normalized spacial score (nSPS) is 20.1. The third-order valence-corrected chi connectivity index (χ3v) is 6.49.